The van der Waals surface area contributed by atoms with Crippen LogP contribution in [0.5, 0.6) is 0 Å². The number of thiol groups is 1. The van der Waals surface area contributed by atoms with Crippen LogP contribution in [0.2, 0.25) is 0 Å². The van der Waals surface area contributed by atoms with Crippen molar-refractivity contribution in [2.45, 2.75) is 19.4 Å². The fraction of sp³-hybridized carbons (Fsp3) is 0.500. The first-order chi connectivity index (χ1) is 5.24. The highest BCUT2D eigenvalue weighted by molar-refractivity contribution is 7.80. The minimum Gasteiger partial charge on any atom is -0.464 e. The van der Waals surface area contributed by atoms with E-state index in [4.69, 9.17) is 4.42 Å². The number of aryl methyl sites for hydroxylation is 1. The monoisotopic (exact) mass is 172 g/mol. The second-order valence-corrected chi connectivity index (χ2v) is 2.92. The van der Waals surface area contributed by atoms with E-state index in [1.54, 1.807) is 6.07 Å². The molecule has 11 heavy (non-hydrogen) atoms. The number of rotatable bonds is 3. The van der Waals surface area contributed by atoms with Crippen molar-refractivity contribution in [3.05, 3.63) is 23.7 Å². The van der Waals surface area contributed by atoms with Crippen LogP contribution in [-0.2, 0) is 0 Å². The molecule has 0 saturated heterocycles. The van der Waals surface area contributed by atoms with Crippen molar-refractivity contribution in [1.29, 1.82) is 0 Å². The molecule has 1 aromatic rings. The van der Waals surface area contributed by atoms with E-state index >= 15 is 0 Å². The van der Waals surface area contributed by atoms with Crippen LogP contribution in [0.25, 0.3) is 0 Å². The van der Waals surface area contributed by atoms with Crippen LogP contribution >= 0.6 is 12.6 Å². The third kappa shape index (κ3) is 2.27. The molecule has 1 N–H and O–H groups in total. The van der Waals surface area contributed by atoms with E-state index in [1.165, 1.54) is 0 Å². The summed E-state index contributed by atoms with van der Waals surface area (Å²) in [6, 6.07) is 3.64. The summed E-state index contributed by atoms with van der Waals surface area (Å²) in [5.41, 5.74) is 0. The minimum atomic E-state index is -0.499. The smallest absolute Gasteiger partial charge is 0.132 e. The summed E-state index contributed by atoms with van der Waals surface area (Å²) in [5, 5.41) is 9.39. The third-order valence-corrected chi connectivity index (χ3v) is 1.75. The molecule has 3 heteroatoms. The number of furan rings is 1. The van der Waals surface area contributed by atoms with Gasteiger partial charge in [-0.3, -0.25) is 0 Å². The van der Waals surface area contributed by atoms with Crippen molar-refractivity contribution >= 4 is 12.6 Å². The van der Waals surface area contributed by atoms with Gasteiger partial charge in [0.05, 0.1) is 0 Å². The predicted octanol–water partition coefficient (Wildman–Crippen LogP) is 1.94. The lowest BCUT2D eigenvalue weighted by Gasteiger charge is -2.03. The highest BCUT2D eigenvalue weighted by Gasteiger charge is 2.09. The van der Waals surface area contributed by atoms with Crippen LogP contribution in [0.3, 0.4) is 0 Å². The van der Waals surface area contributed by atoms with E-state index < -0.39 is 6.10 Å². The summed E-state index contributed by atoms with van der Waals surface area (Å²) in [6.45, 7) is 1.86. The van der Waals surface area contributed by atoms with Gasteiger partial charge in [-0.25, -0.2) is 0 Å². The van der Waals surface area contributed by atoms with Gasteiger partial charge in [0.15, 0.2) is 0 Å². The molecule has 62 valence electrons. The molecule has 0 aliphatic rings. The zero-order valence-corrected chi connectivity index (χ0v) is 7.34. The lowest BCUT2D eigenvalue weighted by atomic mass is 10.2. The zero-order valence-electron chi connectivity index (χ0n) is 6.45. The third-order valence-electron chi connectivity index (χ3n) is 1.49. The standard InChI is InChI=1S/C8H12O2S/c1-6-2-3-8(10-6)7(9)4-5-11/h2-3,7,9,11H,4-5H2,1H3. The Bertz CT molecular complexity index is 220. The molecular weight excluding hydrogens is 160 g/mol. The fourth-order valence-electron chi connectivity index (χ4n) is 0.897. The lowest BCUT2D eigenvalue weighted by Crippen LogP contribution is -1.95. The molecule has 0 aliphatic heterocycles. The Kier molecular flexibility index (Phi) is 3.02. The molecule has 1 rings (SSSR count). The molecule has 0 amide bonds. The molecule has 0 aromatic carbocycles. The van der Waals surface area contributed by atoms with Crippen molar-refractivity contribution in [3.8, 4) is 0 Å². The molecule has 0 spiro atoms. The molecule has 0 aliphatic carbocycles. The van der Waals surface area contributed by atoms with Gasteiger partial charge in [0.25, 0.3) is 0 Å². The number of aliphatic hydroxyl groups excluding tert-OH is 1. The maximum absolute atomic E-state index is 9.39. The van der Waals surface area contributed by atoms with Gasteiger partial charge in [-0.05, 0) is 31.2 Å². The fourth-order valence-corrected chi connectivity index (χ4v) is 1.14. The average Bonchev–Trinajstić information content (AvgIpc) is 2.36. The summed E-state index contributed by atoms with van der Waals surface area (Å²) in [7, 11) is 0. The summed E-state index contributed by atoms with van der Waals surface area (Å²) in [4.78, 5) is 0. The quantitative estimate of drug-likeness (QED) is 0.683. The van der Waals surface area contributed by atoms with E-state index in [1.807, 2.05) is 13.0 Å². The highest BCUT2D eigenvalue weighted by atomic mass is 32.1. The van der Waals surface area contributed by atoms with Crippen LogP contribution in [0.1, 0.15) is 24.0 Å². The Balaban J connectivity index is 2.60. The first-order valence-electron chi connectivity index (χ1n) is 3.59. The maximum atomic E-state index is 9.39. The van der Waals surface area contributed by atoms with Gasteiger partial charge in [0.2, 0.25) is 0 Å². The normalized spacial score (nSPS) is 13.4. The summed E-state index contributed by atoms with van der Waals surface area (Å²) < 4.78 is 5.21. The topological polar surface area (TPSA) is 33.4 Å². The molecule has 0 bridgehead atoms. The predicted molar refractivity (Wildman–Crippen MR) is 46.9 cm³/mol. The largest absolute Gasteiger partial charge is 0.464 e. The van der Waals surface area contributed by atoms with E-state index in [2.05, 4.69) is 12.6 Å². The maximum Gasteiger partial charge on any atom is 0.132 e. The molecule has 1 heterocycles. The van der Waals surface area contributed by atoms with Crippen LogP contribution in [0.15, 0.2) is 16.5 Å². The minimum absolute atomic E-state index is 0.499. The van der Waals surface area contributed by atoms with Crippen molar-refractivity contribution in [1.82, 2.24) is 0 Å². The van der Waals surface area contributed by atoms with E-state index in [-0.39, 0.29) is 0 Å². The number of hydrogen-bond donors (Lipinski definition) is 2. The molecule has 0 fully saturated rings. The first-order valence-corrected chi connectivity index (χ1v) is 4.22. The molecule has 0 saturated carbocycles. The van der Waals surface area contributed by atoms with Crippen molar-refractivity contribution in [3.63, 3.8) is 0 Å². The SMILES string of the molecule is Cc1ccc(C(O)CCS)o1. The van der Waals surface area contributed by atoms with Crippen LogP contribution < -0.4 is 0 Å². The van der Waals surface area contributed by atoms with E-state index in [0.717, 1.165) is 5.76 Å². The Morgan fingerprint density at radius 3 is 2.82 bits per heavy atom. The van der Waals surface area contributed by atoms with Gasteiger partial charge in [-0.15, -0.1) is 0 Å². The van der Waals surface area contributed by atoms with Crippen LogP contribution in [-0.4, -0.2) is 10.9 Å². The van der Waals surface area contributed by atoms with Gasteiger partial charge in [-0.2, -0.15) is 12.6 Å². The molecule has 1 unspecified atom stereocenters. The highest BCUT2D eigenvalue weighted by Crippen LogP contribution is 2.18. The summed E-state index contributed by atoms with van der Waals surface area (Å²) >= 11 is 4.02. The molecule has 2 nitrogen and oxygen atoms in total. The molecule has 1 atom stereocenters. The summed E-state index contributed by atoms with van der Waals surface area (Å²) in [5.74, 6) is 2.13. The number of hydrogen-bond acceptors (Lipinski definition) is 3. The zero-order chi connectivity index (χ0) is 8.27. The van der Waals surface area contributed by atoms with Gasteiger partial charge in [0, 0.05) is 0 Å². The van der Waals surface area contributed by atoms with Gasteiger partial charge >= 0.3 is 0 Å². The Morgan fingerprint density at radius 2 is 2.36 bits per heavy atom. The van der Waals surface area contributed by atoms with Crippen LogP contribution in [0.4, 0.5) is 0 Å². The van der Waals surface area contributed by atoms with Gasteiger partial charge in [-0.1, -0.05) is 0 Å². The summed E-state index contributed by atoms with van der Waals surface area (Å²) in [6.07, 6.45) is 0.136. The Morgan fingerprint density at radius 1 is 1.64 bits per heavy atom. The Labute approximate surface area is 71.6 Å². The second kappa shape index (κ2) is 3.83. The van der Waals surface area contributed by atoms with E-state index in [9.17, 15) is 5.11 Å². The number of aliphatic hydroxyl groups is 1. The van der Waals surface area contributed by atoms with Crippen molar-refractivity contribution in [2.75, 3.05) is 5.75 Å². The van der Waals surface area contributed by atoms with Gasteiger partial charge < -0.3 is 9.52 Å². The van der Waals surface area contributed by atoms with Crippen molar-refractivity contribution < 1.29 is 9.52 Å². The first kappa shape index (κ1) is 8.68. The average molecular weight is 172 g/mol. The molecule has 0 radical (unpaired) electrons. The van der Waals surface area contributed by atoms with Crippen molar-refractivity contribution in [2.24, 2.45) is 0 Å². The second-order valence-electron chi connectivity index (χ2n) is 2.48. The van der Waals surface area contributed by atoms with E-state index in [0.29, 0.717) is 17.9 Å². The van der Waals surface area contributed by atoms with Gasteiger partial charge in [0.1, 0.15) is 17.6 Å². The molecular formula is C8H12O2S. The Hall–Kier alpha value is -0.410. The van der Waals surface area contributed by atoms with Crippen LogP contribution in [0, 0.1) is 6.92 Å². The molecule has 1 aromatic heterocycles. The lowest BCUT2D eigenvalue weighted by molar-refractivity contribution is 0.146.